The van der Waals surface area contributed by atoms with Gasteiger partial charge in [-0.15, -0.1) is 24.0 Å². The van der Waals surface area contributed by atoms with Crippen LogP contribution < -0.4 is 10.6 Å². The summed E-state index contributed by atoms with van der Waals surface area (Å²) < 4.78 is 2.21. The van der Waals surface area contributed by atoms with Crippen molar-refractivity contribution in [2.75, 3.05) is 7.05 Å². The average molecular weight is 419 g/mol. The highest BCUT2D eigenvalue weighted by molar-refractivity contribution is 14.0. The molecule has 2 N–H and O–H groups in total. The predicted octanol–water partition coefficient (Wildman–Crippen LogP) is 3.15. The number of nitrogens with zero attached hydrogens (tertiary/aromatic N) is 3. The van der Waals surface area contributed by atoms with Crippen LogP contribution in [0.4, 0.5) is 0 Å². The number of hydrogen-bond acceptors (Lipinski definition) is 2. The highest BCUT2D eigenvalue weighted by atomic mass is 127. The molecule has 1 fully saturated rings. The molecule has 0 saturated heterocycles. The van der Waals surface area contributed by atoms with Crippen molar-refractivity contribution in [3.63, 3.8) is 0 Å². The molecule has 22 heavy (non-hydrogen) atoms. The van der Waals surface area contributed by atoms with E-state index in [9.17, 15) is 0 Å². The summed E-state index contributed by atoms with van der Waals surface area (Å²) in [4.78, 5) is 8.77. The number of guanidine groups is 1. The molecule has 5 nitrogen and oxygen atoms in total. The fraction of sp³-hybridized carbons (Fsp3) is 0.750. The molecule has 0 bridgehead atoms. The maximum Gasteiger partial charge on any atom is 0.191 e. The summed E-state index contributed by atoms with van der Waals surface area (Å²) in [7, 11) is 1.83. The van der Waals surface area contributed by atoms with Crippen LogP contribution in [0, 0.1) is 5.92 Å². The molecule has 1 heterocycles. The Balaban J connectivity index is 0.00000242. The van der Waals surface area contributed by atoms with Crippen molar-refractivity contribution in [3.05, 3.63) is 18.2 Å². The van der Waals surface area contributed by atoms with E-state index in [1.165, 1.54) is 32.1 Å². The Kier molecular flexibility index (Phi) is 8.82. The van der Waals surface area contributed by atoms with E-state index in [0.29, 0.717) is 18.5 Å². The lowest BCUT2D eigenvalue weighted by molar-refractivity contribution is 0.409. The summed E-state index contributed by atoms with van der Waals surface area (Å²) in [6, 6.07) is 0.570. The zero-order valence-corrected chi connectivity index (χ0v) is 16.3. The molecule has 0 amide bonds. The molecule has 1 aromatic rings. The lowest BCUT2D eigenvalue weighted by Gasteiger charge is -2.24. The summed E-state index contributed by atoms with van der Waals surface area (Å²) in [5.41, 5.74) is 0. The summed E-state index contributed by atoms with van der Waals surface area (Å²) in [6.07, 6.45) is 10.5. The topological polar surface area (TPSA) is 54.2 Å². The van der Waals surface area contributed by atoms with E-state index in [0.717, 1.165) is 18.3 Å². The van der Waals surface area contributed by atoms with Gasteiger partial charge in [-0.25, -0.2) is 4.98 Å². The fourth-order valence-corrected chi connectivity index (χ4v) is 2.86. The third-order valence-electron chi connectivity index (χ3n) is 3.95. The van der Waals surface area contributed by atoms with Gasteiger partial charge in [-0.1, -0.05) is 33.1 Å². The molecule has 1 aliphatic carbocycles. The predicted molar refractivity (Wildman–Crippen MR) is 103 cm³/mol. The second-order valence-corrected chi connectivity index (χ2v) is 6.29. The number of rotatable bonds is 5. The number of aliphatic imine (C=N–C) groups is 1. The first-order valence-electron chi connectivity index (χ1n) is 8.16. The minimum absolute atomic E-state index is 0. The molecule has 0 aromatic carbocycles. The van der Waals surface area contributed by atoms with Crippen LogP contribution in [0.3, 0.4) is 0 Å². The van der Waals surface area contributed by atoms with E-state index in [-0.39, 0.29) is 24.0 Å². The number of aromatic nitrogens is 2. The number of nitrogens with one attached hydrogen (secondary N) is 2. The van der Waals surface area contributed by atoms with Gasteiger partial charge in [0.2, 0.25) is 0 Å². The van der Waals surface area contributed by atoms with Crippen LogP contribution in [0.25, 0.3) is 0 Å². The molecule has 1 aliphatic rings. The highest BCUT2D eigenvalue weighted by Gasteiger charge is 2.14. The minimum Gasteiger partial charge on any atom is -0.354 e. The second kappa shape index (κ2) is 10.1. The Morgan fingerprint density at radius 3 is 2.73 bits per heavy atom. The third kappa shape index (κ3) is 6.14. The zero-order chi connectivity index (χ0) is 15.1. The van der Waals surface area contributed by atoms with E-state index < -0.39 is 0 Å². The summed E-state index contributed by atoms with van der Waals surface area (Å²) in [5.74, 6) is 2.58. The first-order valence-corrected chi connectivity index (χ1v) is 8.16. The van der Waals surface area contributed by atoms with Crippen molar-refractivity contribution in [1.29, 1.82) is 0 Å². The molecular weight excluding hydrogens is 389 g/mol. The fourth-order valence-electron chi connectivity index (χ4n) is 2.86. The van der Waals surface area contributed by atoms with Gasteiger partial charge in [0.05, 0.1) is 6.54 Å². The van der Waals surface area contributed by atoms with Gasteiger partial charge in [-0.05, 0) is 18.8 Å². The molecule has 0 aliphatic heterocycles. The zero-order valence-electron chi connectivity index (χ0n) is 14.0. The Labute approximate surface area is 151 Å². The standard InChI is InChI=1S/C16H29N5.HI/c1-13(2)12-21-10-9-18-15(21)11-19-16(17-3)20-14-7-5-4-6-8-14;/h9-10,13-14H,4-8,11-12H2,1-3H3,(H2,17,19,20);1H. The van der Waals surface area contributed by atoms with Crippen LogP contribution in [0.2, 0.25) is 0 Å². The van der Waals surface area contributed by atoms with Crippen LogP contribution >= 0.6 is 24.0 Å². The lowest BCUT2D eigenvalue weighted by Crippen LogP contribution is -2.44. The SMILES string of the molecule is CN=C(NCc1nccn1CC(C)C)NC1CCCCC1.I. The molecule has 126 valence electrons. The van der Waals surface area contributed by atoms with Crippen molar-refractivity contribution in [2.24, 2.45) is 10.9 Å². The minimum atomic E-state index is 0. The largest absolute Gasteiger partial charge is 0.354 e. The number of halogens is 1. The van der Waals surface area contributed by atoms with Crippen molar-refractivity contribution in [3.8, 4) is 0 Å². The van der Waals surface area contributed by atoms with Crippen molar-refractivity contribution in [2.45, 2.75) is 65.1 Å². The maximum atomic E-state index is 4.44. The van der Waals surface area contributed by atoms with Crippen LogP contribution in [0.5, 0.6) is 0 Å². The molecule has 0 radical (unpaired) electrons. The van der Waals surface area contributed by atoms with E-state index in [2.05, 4.69) is 39.0 Å². The van der Waals surface area contributed by atoms with E-state index in [1.807, 2.05) is 19.4 Å². The number of hydrogen-bond donors (Lipinski definition) is 2. The Bertz CT molecular complexity index is 449. The van der Waals surface area contributed by atoms with Crippen molar-refractivity contribution < 1.29 is 0 Å². The molecule has 1 saturated carbocycles. The molecule has 0 unspecified atom stereocenters. The van der Waals surface area contributed by atoms with Gasteiger partial charge < -0.3 is 15.2 Å². The Hall–Kier alpha value is -0.790. The molecule has 2 rings (SSSR count). The van der Waals surface area contributed by atoms with Crippen molar-refractivity contribution in [1.82, 2.24) is 20.2 Å². The second-order valence-electron chi connectivity index (χ2n) is 6.29. The van der Waals surface area contributed by atoms with Gasteiger partial charge in [0.25, 0.3) is 0 Å². The summed E-state index contributed by atoms with van der Waals surface area (Å²) >= 11 is 0. The first-order chi connectivity index (χ1) is 10.2. The van der Waals surface area contributed by atoms with Gasteiger partial charge in [-0.3, -0.25) is 4.99 Å². The van der Waals surface area contributed by atoms with E-state index in [1.54, 1.807) is 0 Å². The normalized spacial score (nSPS) is 16.5. The third-order valence-corrected chi connectivity index (χ3v) is 3.95. The first kappa shape index (κ1) is 19.3. The lowest BCUT2D eigenvalue weighted by atomic mass is 9.96. The van der Waals surface area contributed by atoms with Gasteiger partial charge in [0.15, 0.2) is 5.96 Å². The van der Waals surface area contributed by atoms with E-state index in [4.69, 9.17) is 0 Å². The number of imidazole rings is 1. The smallest absolute Gasteiger partial charge is 0.191 e. The molecule has 0 atom stereocenters. The van der Waals surface area contributed by atoms with Crippen LogP contribution in [-0.2, 0) is 13.1 Å². The molecule has 0 spiro atoms. The summed E-state index contributed by atoms with van der Waals surface area (Å²) in [6.45, 7) is 6.17. The van der Waals surface area contributed by atoms with Crippen molar-refractivity contribution >= 4 is 29.9 Å². The Morgan fingerprint density at radius 2 is 2.09 bits per heavy atom. The van der Waals surface area contributed by atoms with Gasteiger partial charge >= 0.3 is 0 Å². The summed E-state index contributed by atoms with van der Waals surface area (Å²) in [5, 5.41) is 6.92. The van der Waals surface area contributed by atoms with Gasteiger partial charge in [0.1, 0.15) is 5.82 Å². The quantitative estimate of drug-likeness (QED) is 0.438. The average Bonchev–Trinajstić information content (AvgIpc) is 2.91. The molecule has 6 heteroatoms. The monoisotopic (exact) mass is 419 g/mol. The van der Waals surface area contributed by atoms with Gasteiger partial charge in [-0.2, -0.15) is 0 Å². The highest BCUT2D eigenvalue weighted by Crippen LogP contribution is 2.17. The van der Waals surface area contributed by atoms with Crippen LogP contribution in [0.1, 0.15) is 51.8 Å². The molecular formula is C16H30IN5. The van der Waals surface area contributed by atoms with Crippen LogP contribution in [0.15, 0.2) is 17.4 Å². The maximum absolute atomic E-state index is 4.44. The molecule has 1 aromatic heterocycles. The van der Waals surface area contributed by atoms with Gasteiger partial charge in [0, 0.05) is 32.0 Å². The Morgan fingerprint density at radius 1 is 1.36 bits per heavy atom. The van der Waals surface area contributed by atoms with E-state index >= 15 is 0 Å². The van der Waals surface area contributed by atoms with Crippen LogP contribution in [-0.4, -0.2) is 28.6 Å².